The highest BCUT2D eigenvalue weighted by Crippen LogP contribution is 2.19. The standard InChI is InChI=1S/C10H13N3O2/c14-7-8-9(6-11-12-10(8)15)13-4-2-1-3-5-13/h6-7H,1-5H2,(H,12,15). The molecule has 0 aliphatic carbocycles. The second kappa shape index (κ2) is 4.25. The Labute approximate surface area is 87.1 Å². The van der Waals surface area contributed by atoms with Gasteiger partial charge in [0.1, 0.15) is 5.56 Å². The van der Waals surface area contributed by atoms with E-state index >= 15 is 0 Å². The molecule has 0 amide bonds. The van der Waals surface area contributed by atoms with Gasteiger partial charge in [0.05, 0.1) is 11.9 Å². The topological polar surface area (TPSA) is 66.1 Å². The molecule has 2 heterocycles. The van der Waals surface area contributed by atoms with Gasteiger partial charge in [-0.1, -0.05) is 0 Å². The number of hydrogen-bond donors (Lipinski definition) is 1. The van der Waals surface area contributed by atoms with Gasteiger partial charge in [0.25, 0.3) is 5.56 Å². The Balaban J connectivity index is 2.37. The number of aromatic amines is 1. The van der Waals surface area contributed by atoms with Crippen LogP contribution in [-0.4, -0.2) is 29.6 Å². The molecule has 0 radical (unpaired) electrons. The van der Waals surface area contributed by atoms with Crippen LogP contribution >= 0.6 is 0 Å². The van der Waals surface area contributed by atoms with Gasteiger partial charge >= 0.3 is 0 Å². The summed E-state index contributed by atoms with van der Waals surface area (Å²) in [6.07, 6.45) is 5.57. The molecule has 1 aromatic rings. The molecule has 1 saturated heterocycles. The van der Waals surface area contributed by atoms with Gasteiger partial charge in [-0.2, -0.15) is 5.10 Å². The van der Waals surface area contributed by atoms with Crippen LogP contribution in [-0.2, 0) is 0 Å². The van der Waals surface area contributed by atoms with Gasteiger partial charge < -0.3 is 4.90 Å². The van der Waals surface area contributed by atoms with Crippen LogP contribution in [0.25, 0.3) is 0 Å². The molecule has 1 fully saturated rings. The summed E-state index contributed by atoms with van der Waals surface area (Å²) in [5, 5.41) is 6.00. The van der Waals surface area contributed by atoms with Crippen LogP contribution in [0.2, 0.25) is 0 Å². The Morgan fingerprint density at radius 3 is 2.73 bits per heavy atom. The first-order chi connectivity index (χ1) is 7.33. The lowest BCUT2D eigenvalue weighted by atomic mass is 10.1. The van der Waals surface area contributed by atoms with Gasteiger partial charge in [0.2, 0.25) is 0 Å². The van der Waals surface area contributed by atoms with E-state index in [0.29, 0.717) is 12.0 Å². The summed E-state index contributed by atoms with van der Waals surface area (Å²) in [5.41, 5.74) is 0.438. The maximum Gasteiger partial charge on any atom is 0.276 e. The maximum atomic E-state index is 11.3. The molecule has 80 valence electrons. The van der Waals surface area contributed by atoms with Crippen molar-refractivity contribution < 1.29 is 4.79 Å². The number of hydrogen-bond acceptors (Lipinski definition) is 4. The second-order valence-corrected chi connectivity index (χ2v) is 3.66. The Kier molecular flexibility index (Phi) is 2.80. The zero-order chi connectivity index (χ0) is 10.7. The minimum absolute atomic E-state index is 0.187. The summed E-state index contributed by atoms with van der Waals surface area (Å²) < 4.78 is 0. The molecular formula is C10H13N3O2. The fourth-order valence-electron chi connectivity index (χ4n) is 1.90. The number of H-pyrrole nitrogens is 1. The van der Waals surface area contributed by atoms with Crippen LogP contribution < -0.4 is 10.5 Å². The molecule has 0 unspecified atom stereocenters. The summed E-state index contributed by atoms with van der Waals surface area (Å²) >= 11 is 0. The summed E-state index contributed by atoms with van der Waals surface area (Å²) in [5.74, 6) is 0. The molecule has 0 saturated carbocycles. The van der Waals surface area contributed by atoms with Crippen molar-refractivity contribution in [1.82, 2.24) is 10.2 Å². The number of aromatic nitrogens is 2. The molecule has 0 bridgehead atoms. The third-order valence-electron chi connectivity index (χ3n) is 2.69. The molecule has 1 aromatic heterocycles. The monoisotopic (exact) mass is 207 g/mol. The van der Waals surface area contributed by atoms with E-state index in [1.54, 1.807) is 6.20 Å². The molecule has 1 N–H and O–H groups in total. The second-order valence-electron chi connectivity index (χ2n) is 3.66. The highest BCUT2D eigenvalue weighted by molar-refractivity contribution is 5.83. The predicted octanol–water partition coefficient (Wildman–Crippen LogP) is 0.573. The quantitative estimate of drug-likeness (QED) is 0.720. The van der Waals surface area contributed by atoms with Crippen molar-refractivity contribution in [3.8, 4) is 0 Å². The van der Waals surface area contributed by atoms with Gasteiger partial charge in [-0.05, 0) is 19.3 Å². The van der Waals surface area contributed by atoms with Crippen LogP contribution in [0.5, 0.6) is 0 Å². The number of nitrogens with zero attached hydrogens (tertiary/aromatic N) is 2. The molecule has 0 spiro atoms. The molecule has 2 rings (SSSR count). The summed E-state index contributed by atoms with van der Waals surface area (Å²) in [7, 11) is 0. The Hall–Kier alpha value is -1.65. The van der Waals surface area contributed by atoms with Crippen molar-refractivity contribution in [1.29, 1.82) is 0 Å². The number of carbonyl (C=O) groups excluding carboxylic acids is 1. The molecule has 15 heavy (non-hydrogen) atoms. The smallest absolute Gasteiger partial charge is 0.276 e. The van der Waals surface area contributed by atoms with Crippen LogP contribution in [0.15, 0.2) is 11.0 Å². The first kappa shape index (κ1) is 9.89. The number of rotatable bonds is 2. The van der Waals surface area contributed by atoms with E-state index in [9.17, 15) is 9.59 Å². The van der Waals surface area contributed by atoms with Gasteiger partial charge in [-0.25, -0.2) is 5.10 Å². The molecule has 5 nitrogen and oxygen atoms in total. The van der Waals surface area contributed by atoms with Gasteiger partial charge in [-0.3, -0.25) is 9.59 Å². The fraction of sp³-hybridized carbons (Fsp3) is 0.500. The Morgan fingerprint density at radius 2 is 2.07 bits per heavy atom. The van der Waals surface area contributed by atoms with Crippen LogP contribution in [0.4, 0.5) is 5.69 Å². The lowest BCUT2D eigenvalue weighted by Crippen LogP contribution is -2.32. The van der Waals surface area contributed by atoms with Crippen molar-refractivity contribution >= 4 is 12.0 Å². The van der Waals surface area contributed by atoms with Gasteiger partial charge in [0, 0.05) is 13.1 Å². The van der Waals surface area contributed by atoms with Crippen molar-refractivity contribution in [2.75, 3.05) is 18.0 Å². The van der Waals surface area contributed by atoms with E-state index < -0.39 is 5.56 Å². The van der Waals surface area contributed by atoms with Crippen LogP contribution in [0, 0.1) is 0 Å². The van der Waals surface area contributed by atoms with Crippen molar-refractivity contribution in [2.24, 2.45) is 0 Å². The van der Waals surface area contributed by atoms with E-state index in [-0.39, 0.29) is 5.56 Å². The molecular weight excluding hydrogens is 194 g/mol. The van der Waals surface area contributed by atoms with E-state index in [2.05, 4.69) is 15.1 Å². The SMILES string of the molecule is O=Cc1c(N2CCCCC2)cn[nH]c1=O. The van der Waals surface area contributed by atoms with Gasteiger partial charge in [-0.15, -0.1) is 0 Å². The van der Waals surface area contributed by atoms with Gasteiger partial charge in [0.15, 0.2) is 6.29 Å². The average molecular weight is 207 g/mol. The summed E-state index contributed by atoms with van der Waals surface area (Å²) in [6.45, 7) is 1.79. The minimum atomic E-state index is -0.409. The molecule has 1 aliphatic rings. The summed E-state index contributed by atoms with van der Waals surface area (Å²) in [4.78, 5) is 24.2. The van der Waals surface area contributed by atoms with E-state index in [4.69, 9.17) is 0 Å². The zero-order valence-electron chi connectivity index (χ0n) is 8.40. The van der Waals surface area contributed by atoms with Crippen molar-refractivity contribution in [3.05, 3.63) is 22.1 Å². The third kappa shape index (κ3) is 1.91. The highest BCUT2D eigenvalue weighted by atomic mass is 16.1. The van der Waals surface area contributed by atoms with Crippen molar-refractivity contribution in [3.63, 3.8) is 0 Å². The maximum absolute atomic E-state index is 11.3. The number of aldehydes is 1. The molecule has 0 aromatic carbocycles. The number of piperidine rings is 1. The number of carbonyl (C=O) groups is 1. The number of nitrogens with one attached hydrogen (secondary N) is 1. The molecule has 5 heteroatoms. The largest absolute Gasteiger partial charge is 0.369 e. The summed E-state index contributed by atoms with van der Waals surface area (Å²) in [6, 6.07) is 0. The lowest BCUT2D eigenvalue weighted by Gasteiger charge is -2.28. The zero-order valence-corrected chi connectivity index (χ0v) is 8.40. The lowest BCUT2D eigenvalue weighted by molar-refractivity contribution is 0.112. The molecule has 0 atom stereocenters. The Bertz CT molecular complexity index is 407. The normalized spacial score (nSPS) is 16.4. The third-order valence-corrected chi connectivity index (χ3v) is 2.69. The van der Waals surface area contributed by atoms with E-state index in [1.807, 2.05) is 0 Å². The highest BCUT2D eigenvalue weighted by Gasteiger charge is 2.16. The van der Waals surface area contributed by atoms with Crippen LogP contribution in [0.3, 0.4) is 0 Å². The van der Waals surface area contributed by atoms with E-state index in [1.165, 1.54) is 6.42 Å². The Morgan fingerprint density at radius 1 is 1.33 bits per heavy atom. The van der Waals surface area contributed by atoms with Crippen molar-refractivity contribution in [2.45, 2.75) is 19.3 Å². The first-order valence-electron chi connectivity index (χ1n) is 5.11. The minimum Gasteiger partial charge on any atom is -0.369 e. The average Bonchev–Trinajstić information content (AvgIpc) is 2.30. The van der Waals surface area contributed by atoms with Crippen LogP contribution in [0.1, 0.15) is 29.6 Å². The first-order valence-corrected chi connectivity index (χ1v) is 5.11. The fourth-order valence-corrected chi connectivity index (χ4v) is 1.90. The molecule has 1 aliphatic heterocycles. The predicted molar refractivity (Wildman–Crippen MR) is 56.3 cm³/mol. The number of anilines is 1. The van der Waals surface area contributed by atoms with E-state index in [0.717, 1.165) is 25.9 Å².